The van der Waals surface area contributed by atoms with Gasteiger partial charge in [-0.3, -0.25) is 0 Å². The van der Waals surface area contributed by atoms with E-state index in [1.807, 2.05) is 12.1 Å². The predicted octanol–water partition coefficient (Wildman–Crippen LogP) is 16.4. The van der Waals surface area contributed by atoms with Crippen molar-refractivity contribution in [2.75, 3.05) is 4.90 Å². The Morgan fingerprint density at radius 2 is 0.810 bits per heavy atom. The number of nitrogens with zero attached hydrogens (tertiary/aromatic N) is 1. The first kappa shape index (κ1) is 36.6. The number of hydrogen-bond acceptors (Lipinski definition) is 2. The lowest BCUT2D eigenvalue weighted by Crippen LogP contribution is -2.28. The average Bonchev–Trinajstić information content (AvgIpc) is 3.89. The van der Waals surface area contributed by atoms with Crippen LogP contribution in [0.15, 0.2) is 253 Å². The Labute approximate surface area is 367 Å². The van der Waals surface area contributed by atoms with Crippen molar-refractivity contribution in [3.05, 3.63) is 271 Å². The van der Waals surface area contributed by atoms with Crippen LogP contribution in [0, 0.1) is 0 Å². The maximum atomic E-state index is 6.31. The highest BCUT2D eigenvalue weighted by Crippen LogP contribution is 2.57. The van der Waals surface area contributed by atoms with Crippen molar-refractivity contribution < 1.29 is 4.42 Å². The van der Waals surface area contributed by atoms with E-state index in [9.17, 15) is 0 Å². The van der Waals surface area contributed by atoms with Crippen molar-refractivity contribution in [1.29, 1.82) is 0 Å². The van der Waals surface area contributed by atoms with Crippen molar-refractivity contribution in [2.24, 2.45) is 0 Å². The van der Waals surface area contributed by atoms with Gasteiger partial charge in [-0.2, -0.15) is 0 Å². The van der Waals surface area contributed by atoms with Crippen LogP contribution in [-0.2, 0) is 5.41 Å². The van der Waals surface area contributed by atoms with Gasteiger partial charge in [-0.15, -0.1) is 0 Å². The Kier molecular flexibility index (Phi) is 8.76. The zero-order valence-electron chi connectivity index (χ0n) is 34.5. The molecule has 12 rings (SSSR count). The quantitative estimate of drug-likeness (QED) is 0.152. The van der Waals surface area contributed by atoms with Crippen molar-refractivity contribution in [2.45, 2.75) is 5.41 Å². The van der Waals surface area contributed by atoms with Gasteiger partial charge in [-0.1, -0.05) is 200 Å². The highest BCUT2D eigenvalue weighted by Gasteiger charge is 2.46. The predicted molar refractivity (Wildman–Crippen MR) is 262 cm³/mol. The van der Waals surface area contributed by atoms with Gasteiger partial charge < -0.3 is 9.32 Å². The molecule has 0 aliphatic heterocycles. The highest BCUT2D eigenvalue weighted by atomic mass is 16.3. The van der Waals surface area contributed by atoms with Crippen molar-refractivity contribution in [1.82, 2.24) is 0 Å². The van der Waals surface area contributed by atoms with E-state index >= 15 is 0 Å². The fourth-order valence-electron chi connectivity index (χ4n) is 10.1. The van der Waals surface area contributed by atoms with Crippen LogP contribution in [-0.4, -0.2) is 0 Å². The van der Waals surface area contributed by atoms with E-state index in [2.05, 4.69) is 241 Å². The number of fused-ring (bicyclic) bond motifs is 6. The molecule has 11 aromatic rings. The molecular formula is C61H41NO. The van der Waals surface area contributed by atoms with Gasteiger partial charge in [0.1, 0.15) is 11.2 Å². The van der Waals surface area contributed by atoms with Crippen LogP contribution in [0.1, 0.15) is 22.3 Å². The van der Waals surface area contributed by atoms with Crippen molar-refractivity contribution in [3.63, 3.8) is 0 Å². The minimum absolute atomic E-state index is 0.458. The number of para-hydroxylation sites is 2. The molecule has 0 radical (unpaired) electrons. The average molecular weight is 804 g/mol. The van der Waals surface area contributed by atoms with Crippen LogP contribution in [0.4, 0.5) is 17.1 Å². The topological polar surface area (TPSA) is 16.4 Å². The lowest BCUT2D eigenvalue weighted by atomic mass is 9.67. The molecule has 0 amide bonds. The molecule has 2 heteroatoms. The van der Waals surface area contributed by atoms with E-state index < -0.39 is 5.41 Å². The van der Waals surface area contributed by atoms with Gasteiger partial charge in [0.05, 0.1) is 11.1 Å². The summed E-state index contributed by atoms with van der Waals surface area (Å²) < 4.78 is 6.31. The molecule has 0 saturated carbocycles. The van der Waals surface area contributed by atoms with Gasteiger partial charge in [0.2, 0.25) is 0 Å². The van der Waals surface area contributed by atoms with Crippen LogP contribution < -0.4 is 4.90 Å². The number of hydrogen-bond donors (Lipinski definition) is 0. The minimum Gasteiger partial charge on any atom is -0.456 e. The second-order valence-corrected chi connectivity index (χ2v) is 16.4. The molecule has 0 bridgehead atoms. The molecule has 10 aromatic carbocycles. The first-order valence-electron chi connectivity index (χ1n) is 21.7. The van der Waals surface area contributed by atoms with Gasteiger partial charge in [-0.25, -0.2) is 0 Å². The van der Waals surface area contributed by atoms with Gasteiger partial charge in [0.25, 0.3) is 0 Å². The minimum atomic E-state index is -0.458. The molecule has 2 nitrogen and oxygen atoms in total. The fraction of sp³-hybridized carbons (Fsp3) is 0.0164. The Bertz CT molecular complexity index is 3380. The van der Waals surface area contributed by atoms with Crippen molar-refractivity contribution >= 4 is 39.0 Å². The van der Waals surface area contributed by atoms with Crippen LogP contribution in [0.2, 0.25) is 0 Å². The third-order valence-corrected chi connectivity index (χ3v) is 13.0. The molecule has 296 valence electrons. The Morgan fingerprint density at radius 1 is 0.302 bits per heavy atom. The molecule has 1 aliphatic rings. The SMILES string of the molecule is c1ccc(-c2ccc(-c3ccccc3N(c3ccc(-c4ccc5c(c4)C(c4ccccc4)(c4ccccc4)c4ccccc4-5)cc3)c3ccc4oc5ccccc5c4c3)cc2)cc1. The van der Waals surface area contributed by atoms with Crippen molar-refractivity contribution in [3.8, 4) is 44.5 Å². The second-order valence-electron chi connectivity index (χ2n) is 16.4. The molecule has 0 fully saturated rings. The summed E-state index contributed by atoms with van der Waals surface area (Å²) in [5.41, 5.74) is 19.3. The van der Waals surface area contributed by atoms with Crippen LogP contribution in [0.5, 0.6) is 0 Å². The first-order chi connectivity index (χ1) is 31.2. The lowest BCUT2D eigenvalue weighted by Gasteiger charge is -2.34. The molecule has 1 aliphatic carbocycles. The summed E-state index contributed by atoms with van der Waals surface area (Å²) in [4.78, 5) is 2.39. The Hall–Kier alpha value is -8.20. The molecule has 1 aromatic heterocycles. The standard InChI is InChI=1S/C61H41NO/c1-4-16-42(17-5-1)43-28-30-45(31-29-43)51-22-11-14-26-58(51)62(50-37-39-60-55(41-50)54-24-12-15-27-59(54)63-60)49-35-32-44(33-36-49)46-34-38-53-52-23-10-13-25-56(52)61(57(53)40-46,47-18-6-2-7-19-47)48-20-8-3-9-21-48/h1-41H. The van der Waals surface area contributed by atoms with Crippen LogP contribution >= 0.6 is 0 Å². The lowest BCUT2D eigenvalue weighted by molar-refractivity contribution is 0.669. The summed E-state index contributed by atoms with van der Waals surface area (Å²) >= 11 is 0. The summed E-state index contributed by atoms with van der Waals surface area (Å²) in [6.07, 6.45) is 0. The summed E-state index contributed by atoms with van der Waals surface area (Å²) in [6, 6.07) is 90.2. The summed E-state index contributed by atoms with van der Waals surface area (Å²) in [6.45, 7) is 0. The van der Waals surface area contributed by atoms with E-state index in [0.717, 1.165) is 55.7 Å². The zero-order chi connectivity index (χ0) is 41.7. The molecule has 0 spiro atoms. The number of benzene rings is 10. The summed E-state index contributed by atoms with van der Waals surface area (Å²) in [5.74, 6) is 0. The first-order valence-corrected chi connectivity index (χ1v) is 21.7. The zero-order valence-corrected chi connectivity index (χ0v) is 34.5. The molecule has 0 unspecified atom stereocenters. The van der Waals surface area contributed by atoms with Gasteiger partial charge in [0, 0.05) is 27.7 Å². The molecule has 0 atom stereocenters. The smallest absolute Gasteiger partial charge is 0.135 e. The summed E-state index contributed by atoms with van der Waals surface area (Å²) in [5, 5.41) is 2.20. The third-order valence-electron chi connectivity index (χ3n) is 13.0. The molecule has 63 heavy (non-hydrogen) atoms. The Balaban J connectivity index is 0.999. The maximum absolute atomic E-state index is 6.31. The fourth-order valence-corrected chi connectivity index (χ4v) is 10.1. The van der Waals surface area contributed by atoms with Crippen LogP contribution in [0.25, 0.3) is 66.4 Å². The Morgan fingerprint density at radius 3 is 1.56 bits per heavy atom. The van der Waals surface area contributed by atoms with Gasteiger partial charge in [0.15, 0.2) is 0 Å². The summed E-state index contributed by atoms with van der Waals surface area (Å²) in [7, 11) is 0. The molecule has 0 N–H and O–H groups in total. The monoisotopic (exact) mass is 803 g/mol. The van der Waals surface area contributed by atoms with E-state index in [-0.39, 0.29) is 0 Å². The molecule has 1 heterocycles. The van der Waals surface area contributed by atoms with E-state index in [1.54, 1.807) is 0 Å². The largest absolute Gasteiger partial charge is 0.456 e. The number of rotatable bonds is 8. The number of furan rings is 1. The van der Waals surface area contributed by atoms with E-state index in [0.29, 0.717) is 0 Å². The molecule has 0 saturated heterocycles. The van der Waals surface area contributed by atoms with E-state index in [4.69, 9.17) is 4.42 Å². The molecular weight excluding hydrogens is 763 g/mol. The normalized spacial score (nSPS) is 12.6. The van der Waals surface area contributed by atoms with Gasteiger partial charge in [-0.05, 0) is 110 Å². The van der Waals surface area contributed by atoms with E-state index in [1.165, 1.54) is 50.1 Å². The van der Waals surface area contributed by atoms with Gasteiger partial charge >= 0.3 is 0 Å². The maximum Gasteiger partial charge on any atom is 0.135 e. The van der Waals surface area contributed by atoms with Crippen LogP contribution in [0.3, 0.4) is 0 Å². The second kappa shape index (κ2) is 15.1. The number of anilines is 3. The third kappa shape index (κ3) is 6.02. The highest BCUT2D eigenvalue weighted by molar-refractivity contribution is 6.07.